The molecule has 0 spiro atoms. The van der Waals surface area contributed by atoms with Crippen LogP contribution in [0.3, 0.4) is 0 Å². The van der Waals surface area contributed by atoms with Gasteiger partial charge in [-0.15, -0.1) is 0 Å². The molecule has 0 saturated carbocycles. The molecule has 2 rings (SSSR count). The topological polar surface area (TPSA) is 42.4 Å². The third kappa shape index (κ3) is 2.84. The van der Waals surface area contributed by atoms with E-state index in [0.29, 0.717) is 11.6 Å². The van der Waals surface area contributed by atoms with E-state index < -0.39 is 0 Å². The van der Waals surface area contributed by atoms with Crippen LogP contribution in [0.25, 0.3) is 0 Å². The van der Waals surface area contributed by atoms with E-state index in [9.17, 15) is 5.11 Å². The van der Waals surface area contributed by atoms with Gasteiger partial charge in [0.15, 0.2) is 0 Å². The zero-order valence-corrected chi connectivity index (χ0v) is 10.9. The predicted octanol–water partition coefficient (Wildman–Crippen LogP) is 3.44. The number of para-hydroxylation sites is 1. The highest BCUT2D eigenvalue weighted by Gasteiger charge is 2.07. The van der Waals surface area contributed by atoms with Crippen molar-refractivity contribution in [3.05, 3.63) is 52.1 Å². The Morgan fingerprint density at radius 3 is 2.82 bits per heavy atom. The minimum atomic E-state index is -0.0559. The summed E-state index contributed by atoms with van der Waals surface area (Å²) in [4.78, 5) is 4.20. The summed E-state index contributed by atoms with van der Waals surface area (Å²) in [7, 11) is 0. The molecule has 3 nitrogen and oxygen atoms in total. The van der Waals surface area contributed by atoms with Gasteiger partial charge in [0.25, 0.3) is 0 Å². The highest BCUT2D eigenvalue weighted by atomic mass is 79.9. The second kappa shape index (κ2) is 5.29. The van der Waals surface area contributed by atoms with Crippen LogP contribution in [-0.2, 0) is 6.61 Å². The van der Waals surface area contributed by atoms with E-state index in [-0.39, 0.29) is 6.61 Å². The van der Waals surface area contributed by atoms with Crippen LogP contribution in [0.2, 0.25) is 0 Å². The number of aliphatic hydroxyl groups excluding tert-OH is 1. The van der Waals surface area contributed by atoms with Gasteiger partial charge in [0.2, 0.25) is 5.88 Å². The van der Waals surface area contributed by atoms with E-state index in [0.717, 1.165) is 15.6 Å². The number of nitrogens with zero attached hydrogens (tertiary/aromatic N) is 1. The Balaban J connectivity index is 2.31. The second-order valence-electron chi connectivity index (χ2n) is 3.67. The smallest absolute Gasteiger partial charge is 0.233 e. The average Bonchev–Trinajstić information content (AvgIpc) is 2.33. The SMILES string of the molecule is Cc1cnc(Oc2ccccc2CO)c(Br)c1. The molecule has 0 aliphatic heterocycles. The van der Waals surface area contributed by atoms with Crippen LogP contribution in [0.15, 0.2) is 41.0 Å². The number of aliphatic hydroxyl groups is 1. The molecule has 1 heterocycles. The Kier molecular flexibility index (Phi) is 3.76. The Labute approximate surface area is 108 Å². The van der Waals surface area contributed by atoms with Gasteiger partial charge in [0.05, 0.1) is 11.1 Å². The fourth-order valence-electron chi connectivity index (χ4n) is 1.43. The van der Waals surface area contributed by atoms with Gasteiger partial charge in [-0.25, -0.2) is 4.98 Å². The summed E-state index contributed by atoms with van der Waals surface area (Å²) in [5.74, 6) is 1.11. The maximum absolute atomic E-state index is 9.20. The van der Waals surface area contributed by atoms with Crippen molar-refractivity contribution in [1.82, 2.24) is 4.98 Å². The van der Waals surface area contributed by atoms with Crippen molar-refractivity contribution in [3.63, 3.8) is 0 Å². The zero-order valence-electron chi connectivity index (χ0n) is 9.35. The largest absolute Gasteiger partial charge is 0.438 e. The number of ether oxygens (including phenoxy) is 1. The van der Waals surface area contributed by atoms with Gasteiger partial charge in [-0.05, 0) is 40.5 Å². The first kappa shape index (κ1) is 12.1. The van der Waals surface area contributed by atoms with E-state index in [2.05, 4.69) is 20.9 Å². The fourth-order valence-corrected chi connectivity index (χ4v) is 1.98. The van der Waals surface area contributed by atoms with Crippen molar-refractivity contribution >= 4 is 15.9 Å². The van der Waals surface area contributed by atoms with Gasteiger partial charge in [-0.3, -0.25) is 0 Å². The second-order valence-corrected chi connectivity index (χ2v) is 4.52. The molecule has 0 radical (unpaired) electrons. The molecule has 0 fully saturated rings. The molecule has 1 aromatic heterocycles. The van der Waals surface area contributed by atoms with E-state index in [1.54, 1.807) is 12.3 Å². The molecule has 0 amide bonds. The molecule has 88 valence electrons. The molecular weight excluding hydrogens is 282 g/mol. The number of aryl methyl sites for hydroxylation is 1. The van der Waals surface area contributed by atoms with Gasteiger partial charge in [0.1, 0.15) is 5.75 Å². The maximum Gasteiger partial charge on any atom is 0.233 e. The van der Waals surface area contributed by atoms with Crippen LogP contribution < -0.4 is 4.74 Å². The molecule has 0 saturated heterocycles. The first-order valence-corrected chi connectivity index (χ1v) is 5.99. The molecule has 2 aromatic rings. The highest BCUT2D eigenvalue weighted by Crippen LogP contribution is 2.29. The summed E-state index contributed by atoms with van der Waals surface area (Å²) in [6, 6.07) is 9.27. The zero-order chi connectivity index (χ0) is 12.3. The maximum atomic E-state index is 9.20. The highest BCUT2D eigenvalue weighted by molar-refractivity contribution is 9.10. The number of halogens is 1. The third-order valence-corrected chi connectivity index (χ3v) is 2.86. The molecule has 4 heteroatoms. The average molecular weight is 294 g/mol. The normalized spacial score (nSPS) is 10.3. The number of rotatable bonds is 3. The van der Waals surface area contributed by atoms with Gasteiger partial charge in [-0.1, -0.05) is 18.2 Å². The lowest BCUT2D eigenvalue weighted by Crippen LogP contribution is -1.94. The lowest BCUT2D eigenvalue weighted by atomic mass is 10.2. The van der Waals surface area contributed by atoms with Crippen LogP contribution >= 0.6 is 15.9 Å². The van der Waals surface area contributed by atoms with Gasteiger partial charge in [0, 0.05) is 11.8 Å². The van der Waals surface area contributed by atoms with Crippen molar-refractivity contribution in [2.75, 3.05) is 0 Å². The molecule has 1 aromatic carbocycles. The van der Waals surface area contributed by atoms with E-state index in [4.69, 9.17) is 4.74 Å². The summed E-state index contributed by atoms with van der Waals surface area (Å²) in [6.45, 7) is 1.91. The minimum Gasteiger partial charge on any atom is -0.438 e. The molecule has 17 heavy (non-hydrogen) atoms. The van der Waals surface area contributed by atoms with Crippen LogP contribution in [0.4, 0.5) is 0 Å². The Hall–Kier alpha value is -1.39. The first-order valence-electron chi connectivity index (χ1n) is 5.19. The van der Waals surface area contributed by atoms with Crippen LogP contribution in [0.5, 0.6) is 11.6 Å². The number of aromatic nitrogens is 1. The Bertz CT molecular complexity index is 529. The lowest BCUT2D eigenvalue weighted by Gasteiger charge is -2.10. The summed E-state index contributed by atoms with van der Waals surface area (Å²) < 4.78 is 6.46. The Morgan fingerprint density at radius 2 is 2.12 bits per heavy atom. The number of hydrogen-bond acceptors (Lipinski definition) is 3. The summed E-state index contributed by atoms with van der Waals surface area (Å²) in [5.41, 5.74) is 1.79. The van der Waals surface area contributed by atoms with Gasteiger partial charge >= 0.3 is 0 Å². The monoisotopic (exact) mass is 293 g/mol. The van der Waals surface area contributed by atoms with Crippen molar-refractivity contribution < 1.29 is 9.84 Å². The van der Waals surface area contributed by atoms with E-state index in [1.807, 2.05) is 31.2 Å². The van der Waals surface area contributed by atoms with Crippen LogP contribution in [0, 0.1) is 6.92 Å². The van der Waals surface area contributed by atoms with Gasteiger partial charge < -0.3 is 9.84 Å². The number of hydrogen-bond donors (Lipinski definition) is 1. The van der Waals surface area contributed by atoms with E-state index >= 15 is 0 Å². The fraction of sp³-hybridized carbons (Fsp3) is 0.154. The Morgan fingerprint density at radius 1 is 1.35 bits per heavy atom. The summed E-state index contributed by atoms with van der Waals surface area (Å²) in [5, 5.41) is 9.20. The van der Waals surface area contributed by atoms with Crippen molar-refractivity contribution in [2.45, 2.75) is 13.5 Å². The quantitative estimate of drug-likeness (QED) is 0.943. The van der Waals surface area contributed by atoms with Crippen molar-refractivity contribution in [3.8, 4) is 11.6 Å². The standard InChI is InChI=1S/C13H12BrNO2/c1-9-6-11(14)13(15-7-9)17-12-5-3-2-4-10(12)8-16/h2-7,16H,8H2,1H3. The molecular formula is C13H12BrNO2. The van der Waals surface area contributed by atoms with Crippen LogP contribution in [-0.4, -0.2) is 10.1 Å². The predicted molar refractivity (Wildman–Crippen MR) is 69.1 cm³/mol. The number of pyridine rings is 1. The molecule has 0 atom stereocenters. The van der Waals surface area contributed by atoms with Crippen molar-refractivity contribution in [2.24, 2.45) is 0 Å². The lowest BCUT2D eigenvalue weighted by molar-refractivity contribution is 0.276. The third-order valence-electron chi connectivity index (χ3n) is 2.29. The number of benzene rings is 1. The molecule has 0 unspecified atom stereocenters. The molecule has 0 aliphatic carbocycles. The van der Waals surface area contributed by atoms with Gasteiger partial charge in [-0.2, -0.15) is 0 Å². The first-order chi connectivity index (χ1) is 8.20. The molecule has 1 N–H and O–H groups in total. The minimum absolute atomic E-state index is 0.0559. The van der Waals surface area contributed by atoms with Crippen molar-refractivity contribution in [1.29, 1.82) is 0 Å². The van der Waals surface area contributed by atoms with Crippen LogP contribution in [0.1, 0.15) is 11.1 Å². The summed E-state index contributed by atoms with van der Waals surface area (Å²) in [6.07, 6.45) is 1.74. The van der Waals surface area contributed by atoms with E-state index in [1.165, 1.54) is 0 Å². The summed E-state index contributed by atoms with van der Waals surface area (Å²) >= 11 is 3.40. The molecule has 0 aliphatic rings. The molecule has 0 bridgehead atoms.